The molecule has 0 aliphatic heterocycles. The highest BCUT2D eigenvalue weighted by atomic mass is 79.9. The number of hydrogen-bond acceptors (Lipinski definition) is 1. The van der Waals surface area contributed by atoms with Crippen molar-refractivity contribution in [2.24, 2.45) is 0 Å². The molecule has 0 aromatic heterocycles. The minimum atomic E-state index is -0.856. The normalized spacial score (nSPS) is 17.2. The Kier molecular flexibility index (Phi) is 2.57. The smallest absolute Gasteiger partial charge is 0.314 e. The fraction of sp³-hybridized carbons (Fsp3) is 0.417. The molecule has 0 atom stereocenters. The maximum atomic E-state index is 13.9. The van der Waals surface area contributed by atoms with Crippen LogP contribution in [0.15, 0.2) is 10.5 Å². The van der Waals surface area contributed by atoms with Crippen molar-refractivity contribution < 1.29 is 14.3 Å². The zero-order chi connectivity index (χ0) is 12.1. The third-order valence-electron chi connectivity index (χ3n) is 3.37. The molecule has 1 aliphatic rings. The van der Waals surface area contributed by atoms with Gasteiger partial charge in [0.25, 0.3) is 0 Å². The van der Waals surface area contributed by atoms with E-state index < -0.39 is 11.4 Å². The van der Waals surface area contributed by atoms with Gasteiger partial charge in [-0.05, 0) is 49.4 Å². The van der Waals surface area contributed by atoms with Crippen molar-refractivity contribution in [2.75, 3.05) is 0 Å². The third-order valence-corrected chi connectivity index (χ3v) is 4.19. The molecular weight excluding hydrogens is 275 g/mol. The molecule has 1 N–H and O–H groups in total. The van der Waals surface area contributed by atoms with Crippen LogP contribution >= 0.6 is 15.9 Å². The Balaban J connectivity index is 2.63. The molecule has 2 rings (SSSR count). The summed E-state index contributed by atoms with van der Waals surface area (Å²) >= 11 is 3.27. The SMILES string of the molecule is Cc1c(Br)cc(C2(C(=O)O)CC2)c(C)c1F. The third kappa shape index (κ3) is 1.47. The maximum Gasteiger partial charge on any atom is 0.314 e. The molecule has 0 heterocycles. The van der Waals surface area contributed by atoms with Gasteiger partial charge in [0, 0.05) is 4.47 Å². The van der Waals surface area contributed by atoms with Crippen molar-refractivity contribution in [1.29, 1.82) is 0 Å². The van der Waals surface area contributed by atoms with Gasteiger partial charge in [-0.15, -0.1) is 0 Å². The van der Waals surface area contributed by atoms with Gasteiger partial charge in [-0.3, -0.25) is 4.79 Å². The number of rotatable bonds is 2. The van der Waals surface area contributed by atoms with Crippen LogP contribution in [0, 0.1) is 19.7 Å². The van der Waals surface area contributed by atoms with E-state index in [1.54, 1.807) is 19.9 Å². The first-order chi connectivity index (χ1) is 7.40. The van der Waals surface area contributed by atoms with Crippen molar-refractivity contribution >= 4 is 21.9 Å². The predicted molar refractivity (Wildman–Crippen MR) is 62.1 cm³/mol. The first kappa shape index (κ1) is 11.6. The van der Waals surface area contributed by atoms with Crippen LogP contribution in [0.25, 0.3) is 0 Å². The Bertz CT molecular complexity index is 478. The summed E-state index contributed by atoms with van der Waals surface area (Å²) in [4.78, 5) is 11.2. The Hall–Kier alpha value is -0.900. The number of halogens is 2. The maximum absolute atomic E-state index is 13.9. The van der Waals surface area contributed by atoms with Crippen molar-refractivity contribution in [2.45, 2.75) is 32.1 Å². The zero-order valence-electron chi connectivity index (χ0n) is 9.10. The highest BCUT2D eigenvalue weighted by Crippen LogP contribution is 2.50. The lowest BCUT2D eigenvalue weighted by Crippen LogP contribution is -2.21. The Morgan fingerprint density at radius 1 is 1.44 bits per heavy atom. The minimum absolute atomic E-state index is 0.308. The molecule has 86 valence electrons. The molecule has 4 heteroatoms. The van der Waals surface area contributed by atoms with Crippen molar-refractivity contribution in [3.05, 3.63) is 33.0 Å². The number of aliphatic carboxylic acids is 1. The number of hydrogen-bond donors (Lipinski definition) is 1. The summed E-state index contributed by atoms with van der Waals surface area (Å²) < 4.78 is 14.5. The average Bonchev–Trinajstić information content (AvgIpc) is 3.01. The first-order valence-electron chi connectivity index (χ1n) is 5.09. The lowest BCUT2D eigenvalue weighted by molar-refractivity contribution is -0.140. The van der Waals surface area contributed by atoms with Crippen LogP contribution < -0.4 is 0 Å². The summed E-state index contributed by atoms with van der Waals surface area (Å²) in [5.74, 6) is -1.16. The van der Waals surface area contributed by atoms with E-state index in [1.165, 1.54) is 0 Å². The molecule has 1 aromatic rings. The summed E-state index contributed by atoms with van der Waals surface area (Å²) in [5.41, 5.74) is 0.749. The van der Waals surface area contributed by atoms with E-state index in [2.05, 4.69) is 15.9 Å². The molecule has 1 fully saturated rings. The van der Waals surface area contributed by atoms with Crippen molar-refractivity contribution in [3.63, 3.8) is 0 Å². The molecule has 2 nitrogen and oxygen atoms in total. The molecule has 0 unspecified atom stereocenters. The Morgan fingerprint density at radius 3 is 2.44 bits per heavy atom. The van der Waals surface area contributed by atoms with Gasteiger partial charge in [0.15, 0.2) is 0 Å². The second-order valence-corrected chi connectivity index (χ2v) is 5.21. The lowest BCUT2D eigenvalue weighted by Gasteiger charge is -2.16. The molecule has 0 spiro atoms. The van der Waals surface area contributed by atoms with Crippen LogP contribution in [0.4, 0.5) is 4.39 Å². The quantitative estimate of drug-likeness (QED) is 0.906. The van der Waals surface area contributed by atoms with E-state index in [9.17, 15) is 14.3 Å². The molecule has 1 aliphatic carbocycles. The van der Waals surface area contributed by atoms with Gasteiger partial charge in [0.1, 0.15) is 5.82 Å². The number of carbonyl (C=O) groups is 1. The zero-order valence-corrected chi connectivity index (χ0v) is 10.7. The summed E-state index contributed by atoms with van der Waals surface area (Å²) in [6.45, 7) is 3.32. The second-order valence-electron chi connectivity index (χ2n) is 4.36. The van der Waals surface area contributed by atoms with Gasteiger partial charge < -0.3 is 5.11 Å². The van der Waals surface area contributed by atoms with Crippen LogP contribution in [0.5, 0.6) is 0 Å². The highest BCUT2D eigenvalue weighted by Gasteiger charge is 2.53. The standard InChI is InChI=1S/C12H12BrFO2/c1-6-8(12(3-4-12)11(15)16)5-9(13)7(2)10(6)14/h5H,3-4H2,1-2H3,(H,15,16). The molecule has 0 bridgehead atoms. The van der Waals surface area contributed by atoms with Gasteiger partial charge in [-0.2, -0.15) is 0 Å². The largest absolute Gasteiger partial charge is 0.481 e. The molecule has 0 saturated heterocycles. The minimum Gasteiger partial charge on any atom is -0.481 e. The number of carboxylic acid groups (broad SMARTS) is 1. The first-order valence-corrected chi connectivity index (χ1v) is 5.88. The van der Waals surface area contributed by atoms with Gasteiger partial charge in [0.2, 0.25) is 0 Å². The monoisotopic (exact) mass is 286 g/mol. The number of benzene rings is 1. The van der Waals surface area contributed by atoms with Gasteiger partial charge in [0.05, 0.1) is 5.41 Å². The van der Waals surface area contributed by atoms with E-state index in [0.717, 1.165) is 0 Å². The van der Waals surface area contributed by atoms with Crippen LogP contribution in [-0.4, -0.2) is 11.1 Å². The fourth-order valence-corrected chi connectivity index (χ4v) is 2.47. The van der Waals surface area contributed by atoms with Crippen molar-refractivity contribution in [1.82, 2.24) is 0 Å². The molecule has 0 amide bonds. The van der Waals surface area contributed by atoms with Crippen LogP contribution in [0.2, 0.25) is 0 Å². The van der Waals surface area contributed by atoms with E-state index in [-0.39, 0.29) is 5.82 Å². The van der Waals surface area contributed by atoms with E-state index >= 15 is 0 Å². The summed E-state index contributed by atoms with van der Waals surface area (Å²) in [6, 6.07) is 1.74. The summed E-state index contributed by atoms with van der Waals surface area (Å²) in [6.07, 6.45) is 1.19. The molecular formula is C12H12BrFO2. The van der Waals surface area contributed by atoms with E-state index in [0.29, 0.717) is 34.0 Å². The molecule has 1 aromatic carbocycles. The van der Waals surface area contributed by atoms with Gasteiger partial charge >= 0.3 is 5.97 Å². The lowest BCUT2D eigenvalue weighted by atomic mass is 9.90. The van der Waals surface area contributed by atoms with Crippen LogP contribution in [0.3, 0.4) is 0 Å². The Labute approximate surface area is 102 Å². The summed E-state index contributed by atoms with van der Waals surface area (Å²) in [5, 5.41) is 9.19. The topological polar surface area (TPSA) is 37.3 Å². The van der Waals surface area contributed by atoms with Crippen LogP contribution in [0.1, 0.15) is 29.5 Å². The molecule has 0 radical (unpaired) electrons. The predicted octanol–water partition coefficient (Wildman–Crippen LogP) is 3.32. The fourth-order valence-electron chi connectivity index (χ4n) is 2.07. The van der Waals surface area contributed by atoms with E-state index in [4.69, 9.17) is 0 Å². The highest BCUT2D eigenvalue weighted by molar-refractivity contribution is 9.10. The molecule has 1 saturated carbocycles. The van der Waals surface area contributed by atoms with Crippen LogP contribution in [-0.2, 0) is 10.2 Å². The number of carboxylic acids is 1. The Morgan fingerprint density at radius 2 is 2.00 bits per heavy atom. The summed E-state index contributed by atoms with van der Waals surface area (Å²) in [7, 11) is 0. The molecule has 16 heavy (non-hydrogen) atoms. The van der Waals surface area contributed by atoms with Gasteiger partial charge in [-0.1, -0.05) is 15.9 Å². The van der Waals surface area contributed by atoms with Crippen molar-refractivity contribution in [3.8, 4) is 0 Å². The van der Waals surface area contributed by atoms with E-state index in [1.807, 2.05) is 0 Å². The second kappa shape index (κ2) is 3.55. The average molecular weight is 287 g/mol. The van der Waals surface area contributed by atoms with Gasteiger partial charge in [-0.25, -0.2) is 4.39 Å².